The Morgan fingerprint density at radius 3 is 1.58 bits per heavy atom. The first-order valence-corrected chi connectivity index (χ1v) is 12.7. The Balaban J connectivity index is 0.000000211. The summed E-state index contributed by atoms with van der Waals surface area (Å²) < 4.78 is 27.2. The molecular weight excluding hydrogens is 568 g/mol. The van der Waals surface area contributed by atoms with Crippen LogP contribution >= 0.6 is 46.4 Å². The fourth-order valence-corrected chi connectivity index (χ4v) is 4.11. The van der Waals surface area contributed by atoms with Gasteiger partial charge in [-0.15, -0.1) is 0 Å². The van der Waals surface area contributed by atoms with E-state index >= 15 is 0 Å². The summed E-state index contributed by atoms with van der Waals surface area (Å²) in [5.74, 6) is -0.726. The Bertz CT molecular complexity index is 1570. The van der Waals surface area contributed by atoms with Crippen LogP contribution in [0.1, 0.15) is 33.4 Å². The van der Waals surface area contributed by atoms with E-state index in [0.29, 0.717) is 60.7 Å². The highest BCUT2D eigenvalue weighted by Crippen LogP contribution is 2.21. The van der Waals surface area contributed by atoms with Crippen LogP contribution in [0.5, 0.6) is 0 Å². The van der Waals surface area contributed by atoms with Crippen molar-refractivity contribution in [2.75, 3.05) is 0 Å². The van der Waals surface area contributed by atoms with Gasteiger partial charge in [0.1, 0.15) is 11.6 Å². The van der Waals surface area contributed by atoms with Crippen LogP contribution in [0.25, 0.3) is 12.2 Å². The van der Waals surface area contributed by atoms with Gasteiger partial charge in [0.2, 0.25) is 0 Å². The first kappa shape index (κ1) is 29.2. The van der Waals surface area contributed by atoms with E-state index in [9.17, 15) is 8.78 Å². The molecule has 4 aromatic carbocycles. The lowest BCUT2D eigenvalue weighted by Gasteiger charge is -2.06. The topological polar surface area (TPSA) is 47.6 Å². The van der Waals surface area contributed by atoms with Gasteiger partial charge in [-0.3, -0.25) is 0 Å². The number of hydrogen-bond acceptors (Lipinski definition) is 2. The second kappa shape index (κ2) is 14.0. The second-order valence-electron chi connectivity index (χ2n) is 7.99. The van der Waals surface area contributed by atoms with Crippen LogP contribution in [0, 0.1) is 34.3 Å². The minimum absolute atomic E-state index is 0.319. The van der Waals surface area contributed by atoms with E-state index in [2.05, 4.69) is 6.07 Å². The molecule has 0 aliphatic heterocycles. The average Bonchev–Trinajstić information content (AvgIpc) is 2.89. The molecule has 0 saturated heterocycles. The van der Waals surface area contributed by atoms with Gasteiger partial charge in [-0.2, -0.15) is 10.5 Å². The average molecular weight is 586 g/mol. The highest BCUT2D eigenvalue weighted by atomic mass is 35.5. The molecule has 4 rings (SSSR count). The monoisotopic (exact) mass is 584 g/mol. The van der Waals surface area contributed by atoms with Gasteiger partial charge in [-0.25, -0.2) is 8.78 Å². The molecule has 2 nitrogen and oxygen atoms in total. The van der Waals surface area contributed by atoms with E-state index in [1.165, 1.54) is 12.1 Å². The van der Waals surface area contributed by atoms with Crippen LogP contribution in [-0.2, 0) is 12.8 Å². The molecule has 190 valence electrons. The van der Waals surface area contributed by atoms with Gasteiger partial charge in [-0.05, 0) is 78.1 Å². The quantitative estimate of drug-likeness (QED) is 0.219. The maximum atomic E-state index is 13.6. The molecule has 8 heteroatoms. The highest BCUT2D eigenvalue weighted by Gasteiger charge is 2.07. The Hall–Kier alpha value is -3.38. The van der Waals surface area contributed by atoms with Crippen LogP contribution in [0.4, 0.5) is 8.78 Å². The van der Waals surface area contributed by atoms with E-state index < -0.39 is 5.82 Å². The first-order valence-electron chi connectivity index (χ1n) is 11.2. The van der Waals surface area contributed by atoms with E-state index in [1.54, 1.807) is 72.8 Å². The van der Waals surface area contributed by atoms with Crippen LogP contribution < -0.4 is 0 Å². The molecule has 0 bridgehead atoms. The van der Waals surface area contributed by atoms with Crippen LogP contribution in [0.15, 0.2) is 72.8 Å². The summed E-state index contributed by atoms with van der Waals surface area (Å²) in [5.41, 5.74) is 3.51. The Labute approximate surface area is 239 Å². The molecule has 0 amide bonds. The number of hydrogen-bond donors (Lipinski definition) is 0. The molecular formula is C30H18Cl4F2N2. The molecule has 0 fully saturated rings. The lowest BCUT2D eigenvalue weighted by Crippen LogP contribution is -1.97. The molecule has 0 spiro atoms. The summed E-state index contributed by atoms with van der Waals surface area (Å²) >= 11 is 23.0. The number of aryl methyl sites for hydroxylation is 2. The predicted molar refractivity (Wildman–Crippen MR) is 151 cm³/mol. The van der Waals surface area contributed by atoms with Gasteiger partial charge in [0.25, 0.3) is 0 Å². The van der Waals surface area contributed by atoms with Crippen LogP contribution in [-0.4, -0.2) is 0 Å². The minimum atomic E-state index is -0.406. The third-order valence-corrected chi connectivity index (χ3v) is 6.35. The molecule has 0 aromatic heterocycles. The zero-order chi connectivity index (χ0) is 27.7. The molecule has 0 N–H and O–H groups in total. The molecule has 0 radical (unpaired) electrons. The molecule has 0 unspecified atom stereocenters. The van der Waals surface area contributed by atoms with E-state index in [0.717, 1.165) is 5.56 Å². The van der Waals surface area contributed by atoms with Crippen molar-refractivity contribution in [3.8, 4) is 12.1 Å². The van der Waals surface area contributed by atoms with Crippen LogP contribution in [0.2, 0.25) is 20.1 Å². The largest absolute Gasteiger partial charge is 0.207 e. The van der Waals surface area contributed by atoms with Crippen molar-refractivity contribution in [2.45, 2.75) is 12.8 Å². The maximum absolute atomic E-state index is 13.6. The van der Waals surface area contributed by atoms with Crippen molar-refractivity contribution in [3.63, 3.8) is 0 Å². The number of halogens is 6. The van der Waals surface area contributed by atoms with Crippen molar-refractivity contribution < 1.29 is 8.78 Å². The van der Waals surface area contributed by atoms with E-state index in [4.69, 9.17) is 56.9 Å². The molecule has 0 atom stereocenters. The third kappa shape index (κ3) is 8.32. The van der Waals surface area contributed by atoms with Crippen LogP contribution in [0.3, 0.4) is 0 Å². The van der Waals surface area contributed by atoms with Crippen molar-refractivity contribution in [1.29, 1.82) is 10.5 Å². The normalized spacial score (nSPS) is 10.4. The SMILES string of the molecule is N#Cc1cc(Cl)ccc1/C=C/c1ccc(Cl)cc1F.N#Cc1cc(Cl)ccc1CCc1ccc(Cl)cc1F. The number of nitriles is 2. The van der Waals surface area contributed by atoms with Crippen molar-refractivity contribution in [1.82, 2.24) is 0 Å². The second-order valence-corrected chi connectivity index (χ2v) is 9.74. The zero-order valence-electron chi connectivity index (χ0n) is 19.7. The fraction of sp³-hybridized carbons (Fsp3) is 0.0667. The Kier molecular flexibility index (Phi) is 10.7. The number of benzene rings is 4. The molecule has 38 heavy (non-hydrogen) atoms. The van der Waals surface area contributed by atoms with Gasteiger partial charge >= 0.3 is 0 Å². The molecule has 0 aliphatic rings. The molecule has 0 saturated carbocycles. The van der Waals surface area contributed by atoms with Gasteiger partial charge in [-0.1, -0.05) is 82.8 Å². The predicted octanol–water partition coefficient (Wildman–Crippen LogP) is 9.96. The van der Waals surface area contributed by atoms with Gasteiger partial charge in [0, 0.05) is 25.7 Å². The summed E-state index contributed by atoms with van der Waals surface area (Å²) in [4.78, 5) is 0. The smallest absolute Gasteiger partial charge is 0.131 e. The molecule has 4 aromatic rings. The summed E-state index contributed by atoms with van der Waals surface area (Å²) in [6.45, 7) is 0. The lowest BCUT2D eigenvalue weighted by molar-refractivity contribution is 0.608. The molecule has 0 aliphatic carbocycles. The Morgan fingerprint density at radius 2 is 1.00 bits per heavy atom. The summed E-state index contributed by atoms with van der Waals surface area (Å²) in [6, 6.07) is 23.3. The first-order chi connectivity index (χ1) is 18.2. The summed E-state index contributed by atoms with van der Waals surface area (Å²) in [5, 5.41) is 19.8. The van der Waals surface area contributed by atoms with E-state index in [1.807, 2.05) is 6.07 Å². The highest BCUT2D eigenvalue weighted by molar-refractivity contribution is 6.31. The number of nitrogens with zero attached hydrogens (tertiary/aromatic N) is 2. The summed E-state index contributed by atoms with van der Waals surface area (Å²) in [7, 11) is 0. The Morgan fingerprint density at radius 1 is 0.553 bits per heavy atom. The van der Waals surface area contributed by atoms with Gasteiger partial charge in [0.15, 0.2) is 0 Å². The van der Waals surface area contributed by atoms with E-state index in [-0.39, 0.29) is 5.82 Å². The van der Waals surface area contributed by atoms with Crippen molar-refractivity contribution in [3.05, 3.63) is 138 Å². The van der Waals surface area contributed by atoms with Crippen molar-refractivity contribution >= 4 is 58.6 Å². The zero-order valence-corrected chi connectivity index (χ0v) is 22.7. The number of rotatable bonds is 5. The maximum Gasteiger partial charge on any atom is 0.131 e. The summed E-state index contributed by atoms with van der Waals surface area (Å²) in [6.07, 6.45) is 4.36. The molecule has 0 heterocycles. The minimum Gasteiger partial charge on any atom is -0.207 e. The third-order valence-electron chi connectivity index (χ3n) is 5.41. The lowest BCUT2D eigenvalue weighted by atomic mass is 10.0. The van der Waals surface area contributed by atoms with Gasteiger partial charge < -0.3 is 0 Å². The fourth-order valence-electron chi connectivity index (χ4n) is 3.45. The van der Waals surface area contributed by atoms with Crippen molar-refractivity contribution in [2.24, 2.45) is 0 Å². The van der Waals surface area contributed by atoms with Gasteiger partial charge in [0.05, 0.1) is 23.3 Å². The standard InChI is InChI=1S/C15H10Cl2FN.C15H8Cl2FN/c2*16-13-5-3-10(12(7-13)9-19)1-2-11-4-6-14(17)8-15(11)18/h3-8H,1-2H2;1-8H/b;2-1+.